The van der Waals surface area contributed by atoms with Gasteiger partial charge in [0.1, 0.15) is 11.5 Å². The van der Waals surface area contributed by atoms with Gasteiger partial charge in [-0.1, -0.05) is 17.7 Å². The first-order chi connectivity index (χ1) is 12.4. The Morgan fingerprint density at radius 3 is 2.12 bits per heavy atom. The molecule has 0 aliphatic heterocycles. The van der Waals surface area contributed by atoms with E-state index in [2.05, 4.69) is 34.9 Å². The summed E-state index contributed by atoms with van der Waals surface area (Å²) in [5, 5.41) is 7.16. The van der Waals surface area contributed by atoms with Gasteiger partial charge in [-0.05, 0) is 44.0 Å². The van der Waals surface area contributed by atoms with Gasteiger partial charge in [-0.3, -0.25) is 4.79 Å². The molecule has 0 bridgehead atoms. The lowest BCUT2D eigenvalue weighted by Gasteiger charge is -2.13. The van der Waals surface area contributed by atoms with Crippen LogP contribution >= 0.6 is 0 Å². The van der Waals surface area contributed by atoms with Crippen LogP contribution in [0.4, 0.5) is 5.69 Å². The number of carbonyl (C=O) groups excluding carboxylic acids is 1. The molecule has 0 fully saturated rings. The molecule has 0 spiro atoms. The van der Waals surface area contributed by atoms with E-state index in [1.807, 2.05) is 13.8 Å². The number of ether oxygens (including phenoxy) is 2. The quantitative estimate of drug-likeness (QED) is 0.591. The summed E-state index contributed by atoms with van der Waals surface area (Å²) in [5.41, 5.74) is 7.68. The third kappa shape index (κ3) is 5.24. The number of benzene rings is 2. The van der Waals surface area contributed by atoms with E-state index in [1.54, 1.807) is 38.6 Å². The van der Waals surface area contributed by atoms with Crippen molar-refractivity contribution in [1.29, 1.82) is 0 Å². The minimum atomic E-state index is -0.226. The SMILES string of the molecule is COc1cc(/C=N\NC(=O)CNc2c(C)cc(C)cc2C)cc(OC)c1. The maximum atomic E-state index is 12.0. The molecule has 138 valence electrons. The van der Waals surface area contributed by atoms with Crippen LogP contribution in [0.5, 0.6) is 11.5 Å². The zero-order chi connectivity index (χ0) is 19.1. The Balaban J connectivity index is 1.94. The molecule has 0 atom stereocenters. The number of hydrogen-bond acceptors (Lipinski definition) is 5. The number of hydrogen-bond donors (Lipinski definition) is 2. The first-order valence-corrected chi connectivity index (χ1v) is 8.29. The molecule has 0 aromatic heterocycles. The summed E-state index contributed by atoms with van der Waals surface area (Å²) in [7, 11) is 3.16. The zero-order valence-electron chi connectivity index (χ0n) is 15.8. The lowest BCUT2D eigenvalue weighted by Crippen LogP contribution is -2.26. The third-order valence-electron chi connectivity index (χ3n) is 3.88. The molecule has 0 aliphatic rings. The van der Waals surface area contributed by atoms with Gasteiger partial charge in [-0.2, -0.15) is 5.10 Å². The molecule has 6 nitrogen and oxygen atoms in total. The van der Waals surface area contributed by atoms with Crippen molar-refractivity contribution in [3.05, 3.63) is 52.6 Å². The van der Waals surface area contributed by atoms with Crippen molar-refractivity contribution in [2.45, 2.75) is 20.8 Å². The van der Waals surface area contributed by atoms with Crippen molar-refractivity contribution in [2.75, 3.05) is 26.1 Å². The molecule has 0 aliphatic carbocycles. The Labute approximate surface area is 154 Å². The van der Waals surface area contributed by atoms with Crippen LogP contribution in [0.15, 0.2) is 35.4 Å². The van der Waals surface area contributed by atoms with Crippen molar-refractivity contribution >= 4 is 17.8 Å². The largest absolute Gasteiger partial charge is 0.497 e. The molecule has 0 saturated carbocycles. The van der Waals surface area contributed by atoms with Gasteiger partial charge in [0.15, 0.2) is 0 Å². The molecule has 1 amide bonds. The standard InChI is InChI=1S/C20H25N3O3/c1-13-6-14(2)20(15(3)7-13)21-12-19(24)23-22-11-16-8-17(25-4)10-18(9-16)26-5/h6-11,21H,12H2,1-5H3,(H,23,24)/b22-11-. The second-order valence-electron chi connectivity index (χ2n) is 6.07. The van der Waals surface area contributed by atoms with Crippen LogP contribution in [0.25, 0.3) is 0 Å². The van der Waals surface area contributed by atoms with E-state index < -0.39 is 0 Å². The van der Waals surface area contributed by atoms with Gasteiger partial charge in [-0.15, -0.1) is 0 Å². The maximum absolute atomic E-state index is 12.0. The zero-order valence-corrected chi connectivity index (χ0v) is 15.8. The van der Waals surface area contributed by atoms with Gasteiger partial charge < -0.3 is 14.8 Å². The van der Waals surface area contributed by atoms with Gasteiger partial charge in [0.05, 0.1) is 27.0 Å². The maximum Gasteiger partial charge on any atom is 0.259 e. The molecule has 0 heterocycles. The number of anilines is 1. The summed E-state index contributed by atoms with van der Waals surface area (Å²) in [4.78, 5) is 12.0. The monoisotopic (exact) mass is 355 g/mol. The van der Waals surface area contributed by atoms with Crippen molar-refractivity contribution in [3.8, 4) is 11.5 Å². The van der Waals surface area contributed by atoms with Crippen LogP contribution in [0, 0.1) is 20.8 Å². The predicted octanol–water partition coefficient (Wildman–Crippen LogP) is 3.19. The Kier molecular flexibility index (Phi) is 6.60. The number of nitrogens with one attached hydrogen (secondary N) is 2. The first-order valence-electron chi connectivity index (χ1n) is 8.29. The average Bonchev–Trinajstić information content (AvgIpc) is 2.60. The van der Waals surface area contributed by atoms with E-state index in [4.69, 9.17) is 9.47 Å². The molecule has 6 heteroatoms. The van der Waals surface area contributed by atoms with E-state index in [1.165, 1.54) is 5.56 Å². The molecule has 2 N–H and O–H groups in total. The molecule has 2 aromatic carbocycles. The van der Waals surface area contributed by atoms with Crippen LogP contribution < -0.4 is 20.2 Å². The van der Waals surface area contributed by atoms with Gasteiger partial charge in [0.25, 0.3) is 5.91 Å². The number of nitrogens with zero attached hydrogens (tertiary/aromatic N) is 1. The van der Waals surface area contributed by atoms with E-state index in [-0.39, 0.29) is 12.5 Å². The number of hydrazone groups is 1. The van der Waals surface area contributed by atoms with Gasteiger partial charge >= 0.3 is 0 Å². The summed E-state index contributed by atoms with van der Waals surface area (Å²) in [6, 6.07) is 9.54. The van der Waals surface area contributed by atoms with Crippen molar-refractivity contribution < 1.29 is 14.3 Å². The van der Waals surface area contributed by atoms with Gasteiger partial charge in [0, 0.05) is 17.3 Å². The predicted molar refractivity (Wildman–Crippen MR) is 104 cm³/mol. The topological polar surface area (TPSA) is 72.0 Å². The highest BCUT2D eigenvalue weighted by Crippen LogP contribution is 2.22. The molecule has 2 aromatic rings. The second-order valence-corrected chi connectivity index (χ2v) is 6.07. The molecule has 0 saturated heterocycles. The van der Waals surface area contributed by atoms with E-state index >= 15 is 0 Å². The highest BCUT2D eigenvalue weighted by atomic mass is 16.5. The van der Waals surface area contributed by atoms with Crippen molar-refractivity contribution in [3.63, 3.8) is 0 Å². The Morgan fingerprint density at radius 2 is 1.58 bits per heavy atom. The minimum Gasteiger partial charge on any atom is -0.497 e. The number of amides is 1. The van der Waals surface area contributed by atoms with Crippen molar-refractivity contribution in [1.82, 2.24) is 5.43 Å². The highest BCUT2D eigenvalue weighted by molar-refractivity contribution is 5.85. The van der Waals surface area contributed by atoms with Crippen LogP contribution in [0.2, 0.25) is 0 Å². The molecule has 26 heavy (non-hydrogen) atoms. The van der Waals surface area contributed by atoms with E-state index in [9.17, 15) is 4.79 Å². The van der Waals surface area contributed by atoms with Gasteiger partial charge in [0.2, 0.25) is 0 Å². The Morgan fingerprint density at radius 1 is 1.00 bits per heavy atom. The number of carbonyl (C=O) groups is 1. The van der Waals surface area contributed by atoms with Gasteiger partial charge in [-0.25, -0.2) is 5.43 Å². The van der Waals surface area contributed by atoms with E-state index in [0.717, 1.165) is 22.4 Å². The second kappa shape index (κ2) is 8.89. The molecule has 0 radical (unpaired) electrons. The highest BCUT2D eigenvalue weighted by Gasteiger charge is 2.06. The fourth-order valence-electron chi connectivity index (χ4n) is 2.75. The first kappa shape index (κ1) is 19.3. The number of methoxy groups -OCH3 is 2. The molecular weight excluding hydrogens is 330 g/mol. The van der Waals surface area contributed by atoms with Crippen LogP contribution in [-0.4, -0.2) is 32.9 Å². The molecule has 0 unspecified atom stereocenters. The lowest BCUT2D eigenvalue weighted by molar-refractivity contribution is -0.119. The average molecular weight is 355 g/mol. The summed E-state index contributed by atoms with van der Waals surface area (Å²) < 4.78 is 10.4. The van der Waals surface area contributed by atoms with E-state index in [0.29, 0.717) is 11.5 Å². The Bertz CT molecular complexity index is 771. The third-order valence-corrected chi connectivity index (χ3v) is 3.88. The number of aryl methyl sites for hydroxylation is 3. The summed E-state index contributed by atoms with van der Waals surface area (Å²) >= 11 is 0. The summed E-state index contributed by atoms with van der Waals surface area (Å²) in [6.45, 7) is 6.24. The van der Waals surface area contributed by atoms with Crippen LogP contribution in [0.3, 0.4) is 0 Å². The Hall–Kier alpha value is -3.02. The lowest BCUT2D eigenvalue weighted by atomic mass is 10.1. The fourth-order valence-corrected chi connectivity index (χ4v) is 2.75. The summed E-state index contributed by atoms with van der Waals surface area (Å²) in [5.74, 6) is 1.09. The normalized spacial score (nSPS) is 10.7. The fraction of sp³-hybridized carbons (Fsp3) is 0.300. The van der Waals surface area contributed by atoms with Crippen LogP contribution in [0.1, 0.15) is 22.3 Å². The summed E-state index contributed by atoms with van der Waals surface area (Å²) in [6.07, 6.45) is 1.55. The minimum absolute atomic E-state index is 0.142. The van der Waals surface area contributed by atoms with Crippen molar-refractivity contribution in [2.24, 2.45) is 5.10 Å². The van der Waals surface area contributed by atoms with Crippen LogP contribution in [-0.2, 0) is 4.79 Å². The molecule has 2 rings (SSSR count). The number of rotatable bonds is 7. The smallest absolute Gasteiger partial charge is 0.259 e. The molecular formula is C20H25N3O3.